The molecule has 116 valence electrons. The van der Waals surface area contributed by atoms with Crippen LogP contribution in [0.1, 0.15) is 5.56 Å². The molecule has 2 amide bonds. The van der Waals surface area contributed by atoms with Gasteiger partial charge in [0.25, 0.3) is 0 Å². The van der Waals surface area contributed by atoms with Crippen molar-refractivity contribution in [1.29, 1.82) is 0 Å². The largest absolute Gasteiger partial charge is 0.492 e. The van der Waals surface area contributed by atoms with Crippen LogP contribution in [0, 0.1) is 0 Å². The Labute approximate surface area is 139 Å². The van der Waals surface area contributed by atoms with E-state index in [1.165, 1.54) is 5.56 Å². The Morgan fingerprint density at radius 1 is 0.955 bits per heavy atom. The summed E-state index contributed by atoms with van der Waals surface area (Å²) < 4.78 is 6.56. The van der Waals surface area contributed by atoms with Crippen molar-refractivity contribution in [3.05, 3.63) is 64.6 Å². The molecule has 0 saturated heterocycles. The van der Waals surface area contributed by atoms with Crippen LogP contribution < -0.4 is 15.4 Å². The third-order valence-electron chi connectivity index (χ3n) is 3.04. The van der Waals surface area contributed by atoms with Crippen LogP contribution in [0.2, 0.25) is 0 Å². The topological polar surface area (TPSA) is 50.4 Å². The van der Waals surface area contributed by atoms with E-state index >= 15 is 0 Å². The van der Waals surface area contributed by atoms with Crippen LogP contribution in [0.5, 0.6) is 5.75 Å². The average Bonchev–Trinajstić information content (AvgIpc) is 2.54. The molecule has 0 atom stereocenters. The third kappa shape index (κ3) is 5.77. The standard InChI is InChI=1S/C17H19BrN2O2/c18-16-9-5-4-6-14(16)10-11-19-17(21)20-12-13-22-15-7-2-1-3-8-15/h1-9H,10-13H2,(H2,19,20,21). The third-order valence-corrected chi connectivity index (χ3v) is 3.81. The van der Waals surface area contributed by atoms with Gasteiger partial charge in [0.05, 0.1) is 6.54 Å². The lowest BCUT2D eigenvalue weighted by atomic mass is 10.1. The number of hydrogen-bond donors (Lipinski definition) is 2. The smallest absolute Gasteiger partial charge is 0.314 e. The Morgan fingerprint density at radius 3 is 2.41 bits per heavy atom. The molecular formula is C17H19BrN2O2. The summed E-state index contributed by atoms with van der Waals surface area (Å²) in [6.07, 6.45) is 0.787. The quantitative estimate of drug-likeness (QED) is 0.741. The van der Waals surface area contributed by atoms with Crippen LogP contribution in [0.3, 0.4) is 0 Å². The van der Waals surface area contributed by atoms with E-state index in [9.17, 15) is 4.79 Å². The summed E-state index contributed by atoms with van der Waals surface area (Å²) >= 11 is 3.49. The Morgan fingerprint density at radius 2 is 1.64 bits per heavy atom. The minimum Gasteiger partial charge on any atom is -0.492 e. The van der Waals surface area contributed by atoms with E-state index in [1.54, 1.807) is 0 Å². The number of urea groups is 1. The van der Waals surface area contributed by atoms with Gasteiger partial charge in [0.15, 0.2) is 0 Å². The van der Waals surface area contributed by atoms with Crippen LogP contribution in [0.25, 0.3) is 0 Å². The maximum atomic E-state index is 11.6. The van der Waals surface area contributed by atoms with Crippen LogP contribution in [-0.2, 0) is 6.42 Å². The predicted octanol–water partition coefficient (Wildman–Crippen LogP) is 3.37. The lowest BCUT2D eigenvalue weighted by Gasteiger charge is -2.09. The van der Waals surface area contributed by atoms with Gasteiger partial charge in [-0.3, -0.25) is 0 Å². The molecule has 2 aromatic carbocycles. The number of para-hydroxylation sites is 1. The van der Waals surface area contributed by atoms with Gasteiger partial charge >= 0.3 is 6.03 Å². The van der Waals surface area contributed by atoms with Gasteiger partial charge in [-0.2, -0.15) is 0 Å². The Hall–Kier alpha value is -2.01. The molecule has 5 heteroatoms. The fourth-order valence-electron chi connectivity index (χ4n) is 1.92. The predicted molar refractivity (Wildman–Crippen MR) is 91.2 cm³/mol. The van der Waals surface area contributed by atoms with Crippen molar-refractivity contribution in [3.63, 3.8) is 0 Å². The second-order valence-corrected chi connectivity index (χ2v) is 5.54. The zero-order chi connectivity index (χ0) is 15.6. The molecule has 22 heavy (non-hydrogen) atoms. The first kappa shape index (κ1) is 16.4. The molecule has 2 aromatic rings. The number of ether oxygens (including phenoxy) is 1. The van der Waals surface area contributed by atoms with Crippen molar-refractivity contribution >= 4 is 22.0 Å². The van der Waals surface area contributed by atoms with Gasteiger partial charge in [-0.25, -0.2) is 4.79 Å². The van der Waals surface area contributed by atoms with Crippen LogP contribution in [0.15, 0.2) is 59.1 Å². The summed E-state index contributed by atoms with van der Waals surface area (Å²) in [7, 11) is 0. The van der Waals surface area contributed by atoms with Gasteiger partial charge in [0.1, 0.15) is 12.4 Å². The lowest BCUT2D eigenvalue weighted by Crippen LogP contribution is -2.38. The van der Waals surface area contributed by atoms with Gasteiger partial charge in [-0.15, -0.1) is 0 Å². The van der Waals surface area contributed by atoms with Crippen molar-refractivity contribution < 1.29 is 9.53 Å². The molecule has 0 fully saturated rings. The minimum atomic E-state index is -0.177. The highest BCUT2D eigenvalue weighted by Crippen LogP contribution is 2.15. The Kier molecular flexibility index (Phi) is 6.77. The molecule has 0 bridgehead atoms. The van der Waals surface area contributed by atoms with Gasteiger partial charge in [0.2, 0.25) is 0 Å². The molecular weight excluding hydrogens is 344 g/mol. The SMILES string of the molecule is O=C(NCCOc1ccccc1)NCCc1ccccc1Br. The van der Waals surface area contributed by atoms with Crippen molar-refractivity contribution in [2.24, 2.45) is 0 Å². The van der Waals surface area contributed by atoms with Gasteiger partial charge in [-0.1, -0.05) is 52.3 Å². The Balaban J connectivity index is 1.57. The summed E-state index contributed by atoms with van der Waals surface area (Å²) in [5.74, 6) is 0.804. The van der Waals surface area contributed by atoms with Crippen molar-refractivity contribution in [1.82, 2.24) is 10.6 Å². The molecule has 2 N–H and O–H groups in total. The van der Waals surface area contributed by atoms with E-state index in [1.807, 2.05) is 54.6 Å². The molecule has 2 rings (SSSR count). The molecule has 0 unspecified atom stereocenters. The van der Waals surface area contributed by atoms with E-state index in [0.29, 0.717) is 19.7 Å². The van der Waals surface area contributed by atoms with E-state index in [-0.39, 0.29) is 6.03 Å². The minimum absolute atomic E-state index is 0.177. The highest BCUT2D eigenvalue weighted by Gasteiger charge is 2.01. The van der Waals surface area contributed by atoms with Crippen LogP contribution in [0.4, 0.5) is 4.79 Å². The summed E-state index contributed by atoms with van der Waals surface area (Å²) in [5, 5.41) is 5.60. The zero-order valence-electron chi connectivity index (χ0n) is 12.2. The molecule has 0 spiro atoms. The number of hydrogen-bond acceptors (Lipinski definition) is 2. The van der Waals surface area contributed by atoms with Crippen LogP contribution >= 0.6 is 15.9 Å². The van der Waals surface area contributed by atoms with Crippen molar-refractivity contribution in [3.8, 4) is 5.75 Å². The first-order valence-electron chi connectivity index (χ1n) is 7.18. The van der Waals surface area contributed by atoms with Crippen molar-refractivity contribution in [2.75, 3.05) is 19.7 Å². The summed E-state index contributed by atoms with van der Waals surface area (Å²) in [6, 6.07) is 17.4. The second kappa shape index (κ2) is 9.10. The molecule has 0 heterocycles. The molecule has 0 saturated carbocycles. The monoisotopic (exact) mass is 362 g/mol. The maximum absolute atomic E-state index is 11.6. The first-order chi connectivity index (χ1) is 10.8. The highest BCUT2D eigenvalue weighted by atomic mass is 79.9. The number of nitrogens with one attached hydrogen (secondary N) is 2. The highest BCUT2D eigenvalue weighted by molar-refractivity contribution is 9.10. The number of amides is 2. The lowest BCUT2D eigenvalue weighted by molar-refractivity contribution is 0.236. The molecule has 0 aliphatic heterocycles. The average molecular weight is 363 g/mol. The summed E-state index contributed by atoms with van der Waals surface area (Å²) in [4.78, 5) is 11.6. The number of halogens is 1. The number of carbonyl (C=O) groups excluding carboxylic acids is 1. The number of benzene rings is 2. The van der Waals surface area contributed by atoms with E-state index in [4.69, 9.17) is 4.74 Å². The number of rotatable bonds is 7. The fraction of sp³-hybridized carbons (Fsp3) is 0.235. The van der Waals surface area contributed by atoms with E-state index < -0.39 is 0 Å². The Bertz CT molecular complexity index is 590. The van der Waals surface area contributed by atoms with Gasteiger partial charge < -0.3 is 15.4 Å². The van der Waals surface area contributed by atoms with E-state index in [2.05, 4.69) is 26.6 Å². The maximum Gasteiger partial charge on any atom is 0.314 e. The molecule has 0 radical (unpaired) electrons. The molecule has 4 nitrogen and oxygen atoms in total. The first-order valence-corrected chi connectivity index (χ1v) is 7.98. The fourth-order valence-corrected chi connectivity index (χ4v) is 2.41. The molecule has 0 aromatic heterocycles. The zero-order valence-corrected chi connectivity index (χ0v) is 13.8. The molecule has 0 aliphatic carbocycles. The van der Waals surface area contributed by atoms with E-state index in [0.717, 1.165) is 16.6 Å². The van der Waals surface area contributed by atoms with Gasteiger partial charge in [-0.05, 0) is 30.2 Å². The summed E-state index contributed by atoms with van der Waals surface area (Å²) in [5.41, 5.74) is 1.18. The second-order valence-electron chi connectivity index (χ2n) is 4.69. The normalized spacial score (nSPS) is 10.0. The van der Waals surface area contributed by atoms with Crippen LogP contribution in [-0.4, -0.2) is 25.7 Å². The van der Waals surface area contributed by atoms with Crippen molar-refractivity contribution in [2.45, 2.75) is 6.42 Å². The van der Waals surface area contributed by atoms with Gasteiger partial charge in [0, 0.05) is 11.0 Å². The molecule has 0 aliphatic rings. The number of carbonyl (C=O) groups is 1. The summed E-state index contributed by atoms with van der Waals surface area (Å²) in [6.45, 7) is 1.51.